The summed E-state index contributed by atoms with van der Waals surface area (Å²) in [6.07, 6.45) is 0. The molecule has 0 aromatic heterocycles. The molecule has 0 unspecified atom stereocenters. The Labute approximate surface area is 94.7 Å². The summed E-state index contributed by atoms with van der Waals surface area (Å²) in [7, 11) is 0. The summed E-state index contributed by atoms with van der Waals surface area (Å²) >= 11 is 0. The van der Waals surface area contributed by atoms with Crippen molar-refractivity contribution >= 4 is 5.91 Å². The molecule has 1 heterocycles. The zero-order valence-corrected chi connectivity index (χ0v) is 8.89. The van der Waals surface area contributed by atoms with Gasteiger partial charge in [0.1, 0.15) is 0 Å². The van der Waals surface area contributed by atoms with Gasteiger partial charge in [-0.1, -0.05) is 24.1 Å². The molecule has 2 rings (SSSR count). The molecule has 1 amide bonds. The fraction of sp³-hybridized carbons (Fsp3) is 0.308. The van der Waals surface area contributed by atoms with Gasteiger partial charge in [-0.3, -0.25) is 4.79 Å². The van der Waals surface area contributed by atoms with Crippen molar-refractivity contribution in [1.82, 2.24) is 4.90 Å². The minimum atomic E-state index is -0.159. The van der Waals surface area contributed by atoms with Crippen LogP contribution in [0.15, 0.2) is 30.3 Å². The van der Waals surface area contributed by atoms with Crippen molar-refractivity contribution in [3.63, 3.8) is 0 Å². The van der Waals surface area contributed by atoms with Crippen molar-refractivity contribution < 1.29 is 9.90 Å². The maximum Gasteiger partial charge on any atom is 0.298 e. The van der Waals surface area contributed by atoms with Gasteiger partial charge in [0.2, 0.25) is 0 Å². The largest absolute Gasteiger partial charge is 0.396 e. The minimum absolute atomic E-state index is 0.149. The second-order valence-corrected chi connectivity index (χ2v) is 3.87. The Morgan fingerprint density at radius 1 is 1.38 bits per heavy atom. The molecule has 16 heavy (non-hydrogen) atoms. The maximum atomic E-state index is 11.5. The fourth-order valence-corrected chi connectivity index (χ4v) is 1.58. The Morgan fingerprint density at radius 2 is 2.06 bits per heavy atom. The van der Waals surface area contributed by atoms with Gasteiger partial charge in [-0.25, -0.2) is 0 Å². The third-order valence-corrected chi connectivity index (χ3v) is 2.59. The lowest BCUT2D eigenvalue weighted by atomic mass is 10.0. The maximum absolute atomic E-state index is 11.5. The Balaban J connectivity index is 1.91. The van der Waals surface area contributed by atoms with E-state index >= 15 is 0 Å². The average Bonchev–Trinajstić information content (AvgIpc) is 2.26. The molecule has 0 spiro atoms. The van der Waals surface area contributed by atoms with Crippen molar-refractivity contribution in [1.29, 1.82) is 0 Å². The van der Waals surface area contributed by atoms with Crippen LogP contribution >= 0.6 is 0 Å². The first-order valence-electron chi connectivity index (χ1n) is 5.26. The van der Waals surface area contributed by atoms with Crippen LogP contribution in [0, 0.1) is 17.8 Å². The normalized spacial score (nSPS) is 14.9. The van der Waals surface area contributed by atoms with Crippen LogP contribution in [0.25, 0.3) is 0 Å². The molecular weight excluding hydrogens is 202 g/mol. The quantitative estimate of drug-likeness (QED) is 0.693. The number of amides is 1. The molecule has 0 aliphatic carbocycles. The van der Waals surface area contributed by atoms with E-state index in [1.807, 2.05) is 30.3 Å². The average molecular weight is 215 g/mol. The van der Waals surface area contributed by atoms with Crippen LogP contribution in [0.4, 0.5) is 0 Å². The highest BCUT2D eigenvalue weighted by Gasteiger charge is 2.28. The van der Waals surface area contributed by atoms with E-state index in [0.29, 0.717) is 13.1 Å². The van der Waals surface area contributed by atoms with Crippen LogP contribution < -0.4 is 0 Å². The van der Waals surface area contributed by atoms with E-state index in [-0.39, 0.29) is 18.4 Å². The van der Waals surface area contributed by atoms with E-state index in [1.165, 1.54) is 0 Å². The van der Waals surface area contributed by atoms with Crippen LogP contribution in [0.1, 0.15) is 5.56 Å². The number of carbonyl (C=O) groups is 1. The molecule has 3 heteroatoms. The number of nitrogens with zero attached hydrogens (tertiary/aromatic N) is 1. The summed E-state index contributed by atoms with van der Waals surface area (Å²) < 4.78 is 0. The fourth-order valence-electron chi connectivity index (χ4n) is 1.58. The van der Waals surface area contributed by atoms with E-state index in [2.05, 4.69) is 11.8 Å². The molecule has 1 aromatic carbocycles. The second kappa shape index (κ2) is 4.82. The summed E-state index contributed by atoms with van der Waals surface area (Å²) in [5.41, 5.74) is 0.843. The number of hydrogen-bond donors (Lipinski definition) is 1. The van der Waals surface area contributed by atoms with Crippen molar-refractivity contribution in [3.05, 3.63) is 35.9 Å². The number of rotatable bonds is 1. The SMILES string of the molecule is O=C(C#Cc1ccccc1)N1CC(CO)C1. The predicted octanol–water partition coefficient (Wildman–Crippen LogP) is 0.489. The van der Waals surface area contributed by atoms with Gasteiger partial charge in [0, 0.05) is 37.1 Å². The second-order valence-electron chi connectivity index (χ2n) is 3.87. The zero-order chi connectivity index (χ0) is 11.4. The molecule has 0 radical (unpaired) electrons. The first kappa shape index (κ1) is 10.7. The van der Waals surface area contributed by atoms with E-state index in [4.69, 9.17) is 5.11 Å². The summed E-state index contributed by atoms with van der Waals surface area (Å²) in [6, 6.07) is 9.42. The Kier molecular flexibility index (Phi) is 3.23. The molecule has 0 saturated carbocycles. The lowest BCUT2D eigenvalue weighted by molar-refractivity contribution is -0.131. The summed E-state index contributed by atoms with van der Waals surface area (Å²) in [5, 5.41) is 8.82. The Hall–Kier alpha value is -1.79. The molecule has 1 N–H and O–H groups in total. The van der Waals surface area contributed by atoms with Crippen molar-refractivity contribution in [2.24, 2.45) is 5.92 Å². The monoisotopic (exact) mass is 215 g/mol. The molecule has 1 saturated heterocycles. The van der Waals surface area contributed by atoms with Crippen LogP contribution in [0.5, 0.6) is 0 Å². The number of aliphatic hydroxyl groups excluding tert-OH is 1. The number of benzene rings is 1. The van der Waals surface area contributed by atoms with Crippen molar-refractivity contribution in [2.75, 3.05) is 19.7 Å². The van der Waals surface area contributed by atoms with E-state index in [1.54, 1.807) is 4.90 Å². The first-order valence-corrected chi connectivity index (χ1v) is 5.26. The van der Waals surface area contributed by atoms with Gasteiger partial charge in [-0.2, -0.15) is 0 Å². The predicted molar refractivity (Wildman–Crippen MR) is 60.5 cm³/mol. The summed E-state index contributed by atoms with van der Waals surface area (Å²) in [5.74, 6) is 5.50. The molecule has 0 atom stereocenters. The number of aliphatic hydroxyl groups is 1. The van der Waals surface area contributed by atoms with E-state index in [9.17, 15) is 4.79 Å². The van der Waals surface area contributed by atoms with E-state index < -0.39 is 0 Å². The van der Waals surface area contributed by atoms with Gasteiger partial charge in [0.15, 0.2) is 0 Å². The minimum Gasteiger partial charge on any atom is -0.396 e. The molecular formula is C13H13NO2. The lowest BCUT2D eigenvalue weighted by Crippen LogP contribution is -2.50. The first-order chi connectivity index (χ1) is 7.79. The smallest absolute Gasteiger partial charge is 0.298 e. The number of likely N-dealkylation sites (tertiary alicyclic amines) is 1. The molecule has 3 nitrogen and oxygen atoms in total. The molecule has 82 valence electrons. The third kappa shape index (κ3) is 2.41. The van der Waals surface area contributed by atoms with E-state index in [0.717, 1.165) is 5.56 Å². The molecule has 0 bridgehead atoms. The van der Waals surface area contributed by atoms with Crippen molar-refractivity contribution in [2.45, 2.75) is 0 Å². The Morgan fingerprint density at radius 3 is 2.69 bits per heavy atom. The lowest BCUT2D eigenvalue weighted by Gasteiger charge is -2.36. The van der Waals surface area contributed by atoms with Crippen LogP contribution in [0.2, 0.25) is 0 Å². The summed E-state index contributed by atoms with van der Waals surface area (Å²) in [6.45, 7) is 1.40. The van der Waals surface area contributed by atoms with Gasteiger partial charge in [0.05, 0.1) is 0 Å². The standard InChI is InChI=1S/C13H13NO2/c15-10-12-8-14(9-12)13(16)7-6-11-4-2-1-3-5-11/h1-5,12,15H,8-10H2. The van der Waals surface area contributed by atoms with Gasteiger partial charge >= 0.3 is 0 Å². The van der Waals surface area contributed by atoms with Crippen molar-refractivity contribution in [3.8, 4) is 11.8 Å². The van der Waals surface area contributed by atoms with Crippen LogP contribution in [-0.2, 0) is 4.79 Å². The summed E-state index contributed by atoms with van der Waals surface area (Å²) in [4.78, 5) is 13.2. The zero-order valence-electron chi connectivity index (χ0n) is 8.89. The molecule has 1 fully saturated rings. The highest BCUT2D eigenvalue weighted by molar-refractivity contribution is 5.94. The molecule has 1 aliphatic rings. The van der Waals surface area contributed by atoms with Crippen LogP contribution in [0.3, 0.4) is 0 Å². The van der Waals surface area contributed by atoms with Gasteiger partial charge < -0.3 is 10.0 Å². The number of carbonyl (C=O) groups excluding carboxylic acids is 1. The third-order valence-electron chi connectivity index (χ3n) is 2.59. The number of hydrogen-bond acceptors (Lipinski definition) is 2. The highest BCUT2D eigenvalue weighted by atomic mass is 16.3. The Bertz CT molecular complexity index is 424. The molecule has 1 aromatic rings. The van der Waals surface area contributed by atoms with Gasteiger partial charge in [-0.05, 0) is 12.1 Å². The van der Waals surface area contributed by atoms with Crippen LogP contribution in [-0.4, -0.2) is 35.6 Å². The van der Waals surface area contributed by atoms with Gasteiger partial charge in [-0.15, -0.1) is 0 Å². The van der Waals surface area contributed by atoms with Gasteiger partial charge in [0.25, 0.3) is 5.91 Å². The topological polar surface area (TPSA) is 40.5 Å². The molecule has 1 aliphatic heterocycles. The highest BCUT2D eigenvalue weighted by Crippen LogP contribution is 2.13.